The number of hydrogen-bond acceptors (Lipinski definition) is 2. The number of nitrogens with one attached hydrogen (secondary N) is 2. The summed E-state index contributed by atoms with van der Waals surface area (Å²) in [5.41, 5.74) is 5.80. The SMILES string of the molecule is CC[PH](CC)(CC(=O)Nc1c(C)cccc1C)C1(C(=O)Nc2c(C)cc(Cl)cc2C)CC1. The number of amides is 2. The van der Waals surface area contributed by atoms with E-state index in [-0.39, 0.29) is 17.0 Å². The zero-order chi connectivity index (χ0) is 23.7. The summed E-state index contributed by atoms with van der Waals surface area (Å²) in [5.74, 6) is 0.122. The predicted octanol–water partition coefficient (Wildman–Crippen LogP) is 6.47. The summed E-state index contributed by atoms with van der Waals surface area (Å²) in [7, 11) is -2.22. The summed E-state index contributed by atoms with van der Waals surface area (Å²) in [4.78, 5) is 26.9. The molecule has 1 aliphatic carbocycles. The fourth-order valence-electron chi connectivity index (χ4n) is 5.31. The van der Waals surface area contributed by atoms with Gasteiger partial charge in [-0.2, -0.15) is 0 Å². The first-order chi connectivity index (χ1) is 15.1. The Labute approximate surface area is 197 Å². The fourth-order valence-corrected chi connectivity index (χ4v) is 10.8. The monoisotopic (exact) mass is 474 g/mol. The molecule has 1 fully saturated rings. The molecule has 2 aromatic rings. The zero-order valence-corrected chi connectivity index (χ0v) is 21.9. The summed E-state index contributed by atoms with van der Waals surface area (Å²) in [6.07, 6.45) is 4.04. The van der Waals surface area contributed by atoms with Crippen LogP contribution in [0, 0.1) is 27.7 Å². The summed E-state index contributed by atoms with van der Waals surface area (Å²) in [5, 5.41) is 6.69. The molecule has 2 N–H and O–H groups in total. The van der Waals surface area contributed by atoms with Crippen molar-refractivity contribution in [2.45, 2.75) is 59.5 Å². The van der Waals surface area contributed by atoms with Gasteiger partial charge in [0.2, 0.25) is 0 Å². The van der Waals surface area contributed by atoms with Crippen molar-refractivity contribution >= 4 is 42.1 Å². The number of rotatable bonds is 8. The Morgan fingerprint density at radius 3 is 1.88 bits per heavy atom. The Morgan fingerprint density at radius 1 is 0.906 bits per heavy atom. The van der Waals surface area contributed by atoms with Crippen LogP contribution in [0.3, 0.4) is 0 Å². The molecule has 0 saturated heterocycles. The Bertz CT molecular complexity index is 999. The van der Waals surface area contributed by atoms with Gasteiger partial charge in [0.1, 0.15) is 0 Å². The van der Waals surface area contributed by atoms with Gasteiger partial charge in [-0.25, -0.2) is 0 Å². The normalized spacial score (nSPS) is 15.2. The topological polar surface area (TPSA) is 58.2 Å². The van der Waals surface area contributed by atoms with Crippen LogP contribution in [0.15, 0.2) is 30.3 Å². The predicted molar refractivity (Wildman–Crippen MR) is 140 cm³/mol. The second-order valence-electron chi connectivity index (χ2n) is 9.43. The standard InChI is InChI=1S/C26H36ClN2O2P/c1-7-32(8-2,16-22(30)28-23-17(3)10-9-11-18(23)4)26(12-13-26)25(31)29-24-19(5)14-21(27)15-20(24)6/h9-11,14-15,32H,7-8,12-13,16H2,1-6H3,(H,28,30)(H,29,31). The van der Waals surface area contributed by atoms with Crippen LogP contribution in [0.2, 0.25) is 5.02 Å². The molecule has 0 unspecified atom stereocenters. The molecule has 174 valence electrons. The van der Waals surface area contributed by atoms with Crippen LogP contribution < -0.4 is 10.6 Å². The number of anilines is 2. The molecule has 4 nitrogen and oxygen atoms in total. The molecule has 1 saturated carbocycles. The number of carbonyl (C=O) groups is 2. The minimum atomic E-state index is -2.22. The van der Waals surface area contributed by atoms with Crippen molar-refractivity contribution < 1.29 is 9.59 Å². The first-order valence-corrected chi connectivity index (χ1v) is 14.5. The van der Waals surface area contributed by atoms with Crippen LogP contribution in [0.25, 0.3) is 0 Å². The second-order valence-corrected chi connectivity index (χ2v) is 15.2. The molecule has 3 rings (SSSR count). The summed E-state index contributed by atoms with van der Waals surface area (Å²) in [6, 6.07) is 9.79. The van der Waals surface area contributed by atoms with Gasteiger partial charge in [-0.3, -0.25) is 0 Å². The molecule has 2 amide bonds. The maximum atomic E-state index is 13.7. The van der Waals surface area contributed by atoms with Gasteiger partial charge in [0.25, 0.3) is 0 Å². The number of hydrogen-bond donors (Lipinski definition) is 2. The Morgan fingerprint density at radius 2 is 1.41 bits per heavy atom. The molecule has 2 aromatic carbocycles. The Kier molecular flexibility index (Phi) is 7.37. The van der Waals surface area contributed by atoms with Gasteiger partial charge < -0.3 is 0 Å². The molecule has 0 atom stereocenters. The van der Waals surface area contributed by atoms with Crippen LogP contribution in [0.5, 0.6) is 0 Å². The molecule has 0 aromatic heterocycles. The molecule has 32 heavy (non-hydrogen) atoms. The molecule has 0 bridgehead atoms. The van der Waals surface area contributed by atoms with Gasteiger partial charge in [-0.15, -0.1) is 0 Å². The third-order valence-corrected chi connectivity index (χ3v) is 14.2. The fraction of sp³-hybridized carbons (Fsp3) is 0.462. The van der Waals surface area contributed by atoms with E-state index in [1.165, 1.54) is 0 Å². The van der Waals surface area contributed by atoms with E-state index >= 15 is 0 Å². The number of halogens is 1. The van der Waals surface area contributed by atoms with Crippen molar-refractivity contribution in [3.8, 4) is 0 Å². The van der Waals surface area contributed by atoms with Crippen LogP contribution in [0.4, 0.5) is 11.4 Å². The van der Waals surface area contributed by atoms with E-state index in [0.717, 1.165) is 58.8 Å². The van der Waals surface area contributed by atoms with E-state index in [0.29, 0.717) is 11.2 Å². The van der Waals surface area contributed by atoms with E-state index < -0.39 is 7.26 Å². The number of benzene rings is 2. The van der Waals surface area contributed by atoms with Gasteiger partial charge in [0.15, 0.2) is 0 Å². The van der Waals surface area contributed by atoms with E-state index in [1.807, 2.05) is 58.0 Å². The van der Waals surface area contributed by atoms with Gasteiger partial charge in [-0.05, 0) is 0 Å². The average molecular weight is 475 g/mol. The molecule has 0 aliphatic heterocycles. The molecule has 0 spiro atoms. The van der Waals surface area contributed by atoms with Crippen molar-refractivity contribution in [3.63, 3.8) is 0 Å². The van der Waals surface area contributed by atoms with Crippen LogP contribution >= 0.6 is 18.9 Å². The zero-order valence-electron chi connectivity index (χ0n) is 20.1. The third-order valence-electron chi connectivity index (χ3n) is 7.53. The van der Waals surface area contributed by atoms with Crippen LogP contribution in [-0.4, -0.2) is 35.5 Å². The third kappa shape index (κ3) is 4.58. The van der Waals surface area contributed by atoms with Crippen molar-refractivity contribution in [1.29, 1.82) is 0 Å². The van der Waals surface area contributed by atoms with Crippen LogP contribution in [0.1, 0.15) is 48.9 Å². The van der Waals surface area contributed by atoms with Crippen molar-refractivity contribution in [2.75, 3.05) is 29.1 Å². The van der Waals surface area contributed by atoms with Gasteiger partial charge >= 0.3 is 198 Å². The average Bonchev–Trinajstić information content (AvgIpc) is 3.54. The first-order valence-electron chi connectivity index (χ1n) is 11.5. The summed E-state index contributed by atoms with van der Waals surface area (Å²) in [6.45, 7) is 12.3. The first kappa shape index (κ1) is 24.7. The van der Waals surface area contributed by atoms with Gasteiger partial charge in [-0.1, -0.05) is 0 Å². The van der Waals surface area contributed by atoms with E-state index in [4.69, 9.17) is 11.6 Å². The van der Waals surface area contributed by atoms with Crippen molar-refractivity contribution in [1.82, 2.24) is 0 Å². The maximum absolute atomic E-state index is 13.7. The van der Waals surface area contributed by atoms with E-state index in [1.54, 1.807) is 0 Å². The van der Waals surface area contributed by atoms with Crippen LogP contribution in [-0.2, 0) is 9.59 Å². The molecule has 0 radical (unpaired) electrons. The Hall–Kier alpha value is -1.90. The quantitative estimate of drug-likeness (QED) is 0.430. The van der Waals surface area contributed by atoms with E-state index in [2.05, 4.69) is 24.5 Å². The van der Waals surface area contributed by atoms with Gasteiger partial charge in [0.05, 0.1) is 0 Å². The molecule has 0 heterocycles. The second kappa shape index (κ2) is 9.53. The number of aryl methyl sites for hydroxylation is 4. The number of para-hydroxylation sites is 1. The molecule has 1 aliphatic rings. The molecular weight excluding hydrogens is 439 g/mol. The Balaban J connectivity index is 1.85. The van der Waals surface area contributed by atoms with Gasteiger partial charge in [0, 0.05) is 0 Å². The van der Waals surface area contributed by atoms with Crippen molar-refractivity contribution in [3.05, 3.63) is 57.6 Å². The minimum absolute atomic E-state index is 0.0377. The summed E-state index contributed by atoms with van der Waals surface area (Å²) >= 11 is 6.17. The number of carbonyl (C=O) groups excluding carboxylic acids is 2. The molecule has 6 heteroatoms. The van der Waals surface area contributed by atoms with E-state index in [9.17, 15) is 9.59 Å². The van der Waals surface area contributed by atoms with Crippen molar-refractivity contribution in [2.24, 2.45) is 0 Å². The molecular formula is C26H36ClN2O2P. The summed E-state index contributed by atoms with van der Waals surface area (Å²) < 4.78 is 0.